The van der Waals surface area contributed by atoms with Gasteiger partial charge in [0.2, 0.25) is 0 Å². The van der Waals surface area contributed by atoms with Gasteiger partial charge in [-0.3, -0.25) is 0 Å². The van der Waals surface area contributed by atoms with E-state index < -0.39 is 0 Å². The van der Waals surface area contributed by atoms with E-state index in [4.69, 9.17) is 15.2 Å². The molecule has 112 valence electrons. The van der Waals surface area contributed by atoms with Crippen molar-refractivity contribution in [2.24, 2.45) is 5.73 Å². The van der Waals surface area contributed by atoms with Crippen molar-refractivity contribution < 1.29 is 9.47 Å². The molecule has 0 aliphatic heterocycles. The predicted molar refractivity (Wildman–Crippen MR) is 90.8 cm³/mol. The van der Waals surface area contributed by atoms with Crippen LogP contribution in [0.4, 0.5) is 0 Å². The Labute approximate surface area is 137 Å². The van der Waals surface area contributed by atoms with Gasteiger partial charge in [0.15, 0.2) is 11.5 Å². The molecule has 5 heteroatoms. The first-order valence-corrected chi connectivity index (χ1v) is 8.23. The molecule has 0 radical (unpaired) electrons. The van der Waals surface area contributed by atoms with Crippen molar-refractivity contribution in [3.05, 3.63) is 33.2 Å². The summed E-state index contributed by atoms with van der Waals surface area (Å²) in [5.41, 5.74) is 7.15. The van der Waals surface area contributed by atoms with E-state index in [-0.39, 0.29) is 6.04 Å². The summed E-state index contributed by atoms with van der Waals surface area (Å²) in [5, 5.41) is 0. The van der Waals surface area contributed by atoms with Gasteiger partial charge in [-0.05, 0) is 53.4 Å². The van der Waals surface area contributed by atoms with Crippen LogP contribution in [0, 0.1) is 0 Å². The molecular weight excluding hydrogens is 386 g/mol. The van der Waals surface area contributed by atoms with E-state index in [1.807, 2.05) is 19.1 Å². The monoisotopic (exact) mass is 405 g/mol. The summed E-state index contributed by atoms with van der Waals surface area (Å²) in [5.74, 6) is 1.43. The maximum atomic E-state index is 6.01. The Bertz CT molecular complexity index is 463. The van der Waals surface area contributed by atoms with Gasteiger partial charge in [0, 0.05) is 10.5 Å². The van der Waals surface area contributed by atoms with E-state index >= 15 is 0 Å². The summed E-state index contributed by atoms with van der Waals surface area (Å²) in [6.45, 7) is 8.78. The van der Waals surface area contributed by atoms with Crippen molar-refractivity contribution in [3.8, 4) is 11.5 Å². The lowest BCUT2D eigenvalue weighted by Crippen LogP contribution is -2.21. The molecule has 2 N–H and O–H groups in total. The van der Waals surface area contributed by atoms with E-state index in [0.717, 1.165) is 33.1 Å². The van der Waals surface area contributed by atoms with Crippen LogP contribution in [0.1, 0.15) is 25.8 Å². The second-order valence-electron chi connectivity index (χ2n) is 4.52. The number of halogens is 2. The Morgan fingerprint density at radius 3 is 2.60 bits per heavy atom. The summed E-state index contributed by atoms with van der Waals surface area (Å²) < 4.78 is 13.0. The van der Waals surface area contributed by atoms with Crippen LogP contribution in [0.3, 0.4) is 0 Å². The topological polar surface area (TPSA) is 44.5 Å². The second kappa shape index (κ2) is 8.70. The standard InChI is InChI=1S/C15H21Br2NO2/c1-4-12(18)6-11-7-13(17)15(20-9-10(3)16)14(8-11)19-5-2/h7-8,12H,3-6,9,18H2,1-2H3. The molecular formula is C15H21Br2NO2. The van der Waals surface area contributed by atoms with Crippen molar-refractivity contribution in [2.75, 3.05) is 13.2 Å². The van der Waals surface area contributed by atoms with E-state index in [1.165, 1.54) is 0 Å². The molecule has 0 aliphatic carbocycles. The predicted octanol–water partition coefficient (Wildman–Crippen LogP) is 4.42. The Morgan fingerprint density at radius 2 is 2.05 bits per heavy atom. The Hall–Kier alpha value is -0.520. The highest BCUT2D eigenvalue weighted by molar-refractivity contribution is 9.11. The summed E-state index contributed by atoms with van der Waals surface area (Å²) in [6, 6.07) is 4.19. The Morgan fingerprint density at radius 1 is 1.35 bits per heavy atom. The largest absolute Gasteiger partial charge is 0.490 e. The Kier molecular flexibility index (Phi) is 7.62. The van der Waals surface area contributed by atoms with Crippen LogP contribution in [-0.4, -0.2) is 19.3 Å². The first kappa shape index (κ1) is 17.5. The number of nitrogens with two attached hydrogens (primary N) is 1. The molecule has 0 heterocycles. The summed E-state index contributed by atoms with van der Waals surface area (Å²) in [4.78, 5) is 0. The van der Waals surface area contributed by atoms with Gasteiger partial charge in [0.25, 0.3) is 0 Å². The van der Waals surface area contributed by atoms with Crippen LogP contribution >= 0.6 is 31.9 Å². The molecule has 0 aliphatic rings. The normalized spacial score (nSPS) is 12.1. The average Bonchev–Trinajstić information content (AvgIpc) is 2.37. The summed E-state index contributed by atoms with van der Waals surface area (Å²) >= 11 is 6.82. The molecule has 1 rings (SSSR count). The van der Waals surface area contributed by atoms with E-state index in [2.05, 4.69) is 45.4 Å². The number of rotatable bonds is 8. The molecule has 0 fully saturated rings. The molecule has 1 aromatic rings. The van der Waals surface area contributed by atoms with Crippen molar-refractivity contribution in [2.45, 2.75) is 32.7 Å². The lowest BCUT2D eigenvalue weighted by Gasteiger charge is -2.16. The summed E-state index contributed by atoms with van der Waals surface area (Å²) in [6.07, 6.45) is 1.77. The van der Waals surface area contributed by atoms with Crippen molar-refractivity contribution in [1.82, 2.24) is 0 Å². The fourth-order valence-corrected chi connectivity index (χ4v) is 2.46. The molecule has 1 unspecified atom stereocenters. The third-order valence-corrected chi connectivity index (χ3v) is 3.58. The van der Waals surface area contributed by atoms with Crippen LogP contribution in [0.2, 0.25) is 0 Å². The van der Waals surface area contributed by atoms with Crippen LogP contribution in [0.25, 0.3) is 0 Å². The minimum absolute atomic E-state index is 0.158. The average molecular weight is 407 g/mol. The van der Waals surface area contributed by atoms with Gasteiger partial charge in [-0.2, -0.15) is 0 Å². The van der Waals surface area contributed by atoms with Crippen molar-refractivity contribution in [3.63, 3.8) is 0 Å². The van der Waals surface area contributed by atoms with Crippen LogP contribution in [-0.2, 0) is 6.42 Å². The third-order valence-electron chi connectivity index (χ3n) is 2.76. The van der Waals surface area contributed by atoms with Gasteiger partial charge >= 0.3 is 0 Å². The number of hydrogen-bond acceptors (Lipinski definition) is 3. The smallest absolute Gasteiger partial charge is 0.175 e. The highest BCUT2D eigenvalue weighted by atomic mass is 79.9. The zero-order chi connectivity index (χ0) is 15.1. The van der Waals surface area contributed by atoms with Gasteiger partial charge in [-0.1, -0.05) is 29.4 Å². The fourth-order valence-electron chi connectivity index (χ4n) is 1.74. The maximum absolute atomic E-state index is 6.01. The number of ether oxygens (including phenoxy) is 2. The van der Waals surface area contributed by atoms with E-state index in [0.29, 0.717) is 19.0 Å². The van der Waals surface area contributed by atoms with Gasteiger partial charge in [0.05, 0.1) is 11.1 Å². The molecule has 1 atom stereocenters. The molecule has 3 nitrogen and oxygen atoms in total. The molecule has 20 heavy (non-hydrogen) atoms. The maximum Gasteiger partial charge on any atom is 0.175 e. The molecule has 0 bridgehead atoms. The van der Waals surface area contributed by atoms with E-state index in [1.54, 1.807) is 0 Å². The molecule has 0 spiro atoms. The molecule has 0 aromatic heterocycles. The molecule has 0 saturated carbocycles. The van der Waals surface area contributed by atoms with Crippen LogP contribution < -0.4 is 15.2 Å². The fraction of sp³-hybridized carbons (Fsp3) is 0.467. The van der Waals surface area contributed by atoms with E-state index in [9.17, 15) is 0 Å². The van der Waals surface area contributed by atoms with Crippen LogP contribution in [0.15, 0.2) is 27.7 Å². The quantitative estimate of drug-likeness (QED) is 0.695. The van der Waals surface area contributed by atoms with Gasteiger partial charge < -0.3 is 15.2 Å². The van der Waals surface area contributed by atoms with Gasteiger partial charge in [-0.25, -0.2) is 0 Å². The van der Waals surface area contributed by atoms with Gasteiger partial charge in [0.1, 0.15) is 6.61 Å². The SMILES string of the molecule is C=C(Br)COc1c(Br)cc(CC(N)CC)cc1OCC. The van der Waals surface area contributed by atoms with Gasteiger partial charge in [-0.15, -0.1) is 0 Å². The lowest BCUT2D eigenvalue weighted by molar-refractivity contribution is 0.294. The Balaban J connectivity index is 3.01. The minimum Gasteiger partial charge on any atom is -0.490 e. The number of hydrogen-bond donors (Lipinski definition) is 1. The summed E-state index contributed by atoms with van der Waals surface area (Å²) in [7, 11) is 0. The third kappa shape index (κ3) is 5.46. The first-order valence-electron chi connectivity index (χ1n) is 6.64. The highest BCUT2D eigenvalue weighted by Crippen LogP contribution is 2.37. The zero-order valence-electron chi connectivity index (χ0n) is 11.9. The van der Waals surface area contributed by atoms with Crippen molar-refractivity contribution >= 4 is 31.9 Å². The minimum atomic E-state index is 0.158. The number of benzene rings is 1. The molecule has 0 saturated heterocycles. The van der Waals surface area contributed by atoms with Crippen LogP contribution in [0.5, 0.6) is 11.5 Å². The lowest BCUT2D eigenvalue weighted by atomic mass is 10.0. The highest BCUT2D eigenvalue weighted by Gasteiger charge is 2.13. The second-order valence-corrected chi connectivity index (χ2v) is 6.49. The molecule has 1 aromatic carbocycles. The molecule has 0 amide bonds. The van der Waals surface area contributed by atoms with Crippen molar-refractivity contribution in [1.29, 1.82) is 0 Å². The zero-order valence-corrected chi connectivity index (χ0v) is 15.1. The first-order chi connectivity index (χ1) is 9.47.